The topological polar surface area (TPSA) is 73.0 Å². The van der Waals surface area contributed by atoms with Gasteiger partial charge in [0.25, 0.3) is 5.69 Å². The van der Waals surface area contributed by atoms with E-state index in [0.717, 1.165) is 29.9 Å². The molecule has 2 heterocycles. The lowest BCUT2D eigenvalue weighted by atomic mass is 10.0. The van der Waals surface area contributed by atoms with Crippen LogP contribution >= 0.6 is 0 Å². The zero-order chi connectivity index (χ0) is 16.5. The molecule has 0 bridgehead atoms. The Morgan fingerprint density at radius 3 is 2.62 bits per heavy atom. The Labute approximate surface area is 138 Å². The summed E-state index contributed by atoms with van der Waals surface area (Å²) in [6.07, 6.45) is 0.845. The molecule has 1 N–H and O–H groups in total. The molecule has 0 aliphatic carbocycles. The predicted octanol–water partition coefficient (Wildman–Crippen LogP) is 3.09. The predicted molar refractivity (Wildman–Crippen MR) is 91.1 cm³/mol. The van der Waals surface area contributed by atoms with Crippen molar-refractivity contribution in [2.75, 3.05) is 6.54 Å². The first kappa shape index (κ1) is 14.6. The minimum Gasteiger partial charge on any atom is -0.312 e. The fourth-order valence-electron chi connectivity index (χ4n) is 3.18. The molecule has 1 aliphatic rings. The van der Waals surface area contributed by atoms with Crippen molar-refractivity contribution in [3.05, 3.63) is 76.0 Å². The molecule has 0 unspecified atom stereocenters. The van der Waals surface area contributed by atoms with Gasteiger partial charge in [-0.05, 0) is 18.2 Å². The Hall–Kier alpha value is -2.99. The molecule has 0 saturated heterocycles. The van der Waals surface area contributed by atoms with Crippen LogP contribution in [0.15, 0.2) is 54.6 Å². The number of nitrogens with zero attached hydrogens (tertiary/aromatic N) is 3. The normalized spacial score (nSPS) is 13.5. The minimum absolute atomic E-state index is 0.0867. The highest BCUT2D eigenvalue weighted by Crippen LogP contribution is 2.34. The summed E-state index contributed by atoms with van der Waals surface area (Å²) in [5.41, 5.74) is 4.47. The summed E-state index contributed by atoms with van der Waals surface area (Å²) in [5.74, 6) is 0. The summed E-state index contributed by atoms with van der Waals surface area (Å²) in [4.78, 5) is 11.0. The van der Waals surface area contributed by atoms with E-state index in [2.05, 4.69) is 5.32 Å². The van der Waals surface area contributed by atoms with E-state index in [1.165, 1.54) is 6.07 Å². The van der Waals surface area contributed by atoms with Gasteiger partial charge in [0.05, 0.1) is 21.9 Å². The van der Waals surface area contributed by atoms with Crippen LogP contribution in [0.3, 0.4) is 0 Å². The fraction of sp³-hybridized carbons (Fsp3) is 0.167. The smallest absolute Gasteiger partial charge is 0.278 e. The van der Waals surface area contributed by atoms with E-state index in [9.17, 15) is 10.1 Å². The van der Waals surface area contributed by atoms with Gasteiger partial charge in [-0.3, -0.25) is 10.1 Å². The van der Waals surface area contributed by atoms with Gasteiger partial charge in [-0.1, -0.05) is 30.3 Å². The Kier molecular flexibility index (Phi) is 3.59. The van der Waals surface area contributed by atoms with Crippen molar-refractivity contribution >= 4 is 5.69 Å². The zero-order valence-corrected chi connectivity index (χ0v) is 13.0. The molecule has 0 amide bonds. The molecule has 1 aromatic heterocycles. The third kappa shape index (κ3) is 2.37. The van der Waals surface area contributed by atoms with Crippen molar-refractivity contribution in [1.82, 2.24) is 15.1 Å². The average Bonchev–Trinajstić information content (AvgIpc) is 3.02. The molecule has 2 aromatic carbocycles. The van der Waals surface area contributed by atoms with Crippen LogP contribution in [-0.4, -0.2) is 21.2 Å². The Bertz CT molecular complexity index is 903. The summed E-state index contributed by atoms with van der Waals surface area (Å²) in [6.45, 7) is 1.55. The van der Waals surface area contributed by atoms with E-state index >= 15 is 0 Å². The highest BCUT2D eigenvalue weighted by atomic mass is 16.6. The molecule has 0 saturated carbocycles. The van der Waals surface area contributed by atoms with Gasteiger partial charge in [-0.15, -0.1) is 0 Å². The number of para-hydroxylation sites is 2. The largest absolute Gasteiger partial charge is 0.312 e. The summed E-state index contributed by atoms with van der Waals surface area (Å²) >= 11 is 0. The molecule has 0 spiro atoms. The number of rotatable bonds is 3. The monoisotopic (exact) mass is 320 g/mol. The van der Waals surface area contributed by atoms with Gasteiger partial charge in [-0.2, -0.15) is 5.10 Å². The first-order valence-electron chi connectivity index (χ1n) is 7.86. The standard InChI is InChI=1S/C18H16N4O2/c23-22(24)17-9-5-4-8-14(17)18-15-12-19-11-10-16(15)21(20-18)13-6-2-1-3-7-13/h1-9,19H,10-12H2. The number of fused-ring (bicyclic) bond motifs is 1. The van der Waals surface area contributed by atoms with Crippen LogP contribution in [0, 0.1) is 10.1 Å². The van der Waals surface area contributed by atoms with Crippen molar-refractivity contribution in [2.24, 2.45) is 0 Å². The molecule has 0 radical (unpaired) electrons. The second-order valence-electron chi connectivity index (χ2n) is 5.72. The highest BCUT2D eigenvalue weighted by Gasteiger charge is 2.26. The van der Waals surface area contributed by atoms with Crippen molar-refractivity contribution in [1.29, 1.82) is 0 Å². The second kappa shape index (κ2) is 5.90. The number of hydrogen-bond donors (Lipinski definition) is 1. The van der Waals surface area contributed by atoms with E-state index in [1.54, 1.807) is 12.1 Å². The molecule has 0 fully saturated rings. The summed E-state index contributed by atoms with van der Waals surface area (Å²) in [5, 5.41) is 19.5. The first-order chi connectivity index (χ1) is 11.8. The van der Waals surface area contributed by atoms with Crippen LogP contribution in [-0.2, 0) is 13.0 Å². The van der Waals surface area contributed by atoms with Crippen LogP contribution < -0.4 is 5.32 Å². The number of nitrogens with one attached hydrogen (secondary N) is 1. The minimum atomic E-state index is -0.348. The lowest BCUT2D eigenvalue weighted by Crippen LogP contribution is -2.24. The Morgan fingerprint density at radius 2 is 1.83 bits per heavy atom. The number of nitro benzene ring substituents is 1. The van der Waals surface area contributed by atoms with Crippen LogP contribution in [0.1, 0.15) is 11.3 Å². The van der Waals surface area contributed by atoms with E-state index in [1.807, 2.05) is 41.1 Å². The summed E-state index contributed by atoms with van der Waals surface area (Å²) in [6, 6.07) is 16.7. The van der Waals surface area contributed by atoms with Crippen LogP contribution in [0.25, 0.3) is 16.9 Å². The van der Waals surface area contributed by atoms with Gasteiger partial charge >= 0.3 is 0 Å². The molecule has 6 heteroatoms. The van der Waals surface area contributed by atoms with Crippen molar-refractivity contribution < 1.29 is 4.92 Å². The maximum absolute atomic E-state index is 11.4. The van der Waals surface area contributed by atoms with Crippen molar-refractivity contribution in [3.8, 4) is 16.9 Å². The van der Waals surface area contributed by atoms with Gasteiger partial charge in [0.2, 0.25) is 0 Å². The summed E-state index contributed by atoms with van der Waals surface area (Å²) in [7, 11) is 0. The lowest BCUT2D eigenvalue weighted by molar-refractivity contribution is -0.384. The van der Waals surface area contributed by atoms with E-state index in [-0.39, 0.29) is 10.6 Å². The Balaban J connectivity index is 1.95. The number of benzene rings is 2. The molecule has 4 rings (SSSR count). The van der Waals surface area contributed by atoms with Crippen LogP contribution in [0.4, 0.5) is 5.69 Å². The van der Waals surface area contributed by atoms with Crippen molar-refractivity contribution in [2.45, 2.75) is 13.0 Å². The zero-order valence-electron chi connectivity index (χ0n) is 13.0. The molecule has 0 atom stereocenters. The molecular weight excluding hydrogens is 304 g/mol. The second-order valence-corrected chi connectivity index (χ2v) is 5.72. The number of aromatic nitrogens is 2. The van der Waals surface area contributed by atoms with Gasteiger partial charge in [-0.25, -0.2) is 4.68 Å². The molecule has 1 aliphatic heterocycles. The molecular formula is C18H16N4O2. The maximum Gasteiger partial charge on any atom is 0.278 e. The molecule has 3 aromatic rings. The first-order valence-corrected chi connectivity index (χ1v) is 7.86. The van der Waals surface area contributed by atoms with Gasteiger partial charge in [0.1, 0.15) is 5.69 Å². The SMILES string of the molecule is O=[N+]([O-])c1ccccc1-c1nn(-c2ccccc2)c2c1CNCC2. The number of hydrogen-bond acceptors (Lipinski definition) is 4. The van der Waals surface area contributed by atoms with Gasteiger partial charge in [0, 0.05) is 31.1 Å². The van der Waals surface area contributed by atoms with E-state index < -0.39 is 0 Å². The van der Waals surface area contributed by atoms with E-state index in [4.69, 9.17) is 5.10 Å². The maximum atomic E-state index is 11.4. The third-order valence-corrected chi connectivity index (χ3v) is 4.29. The van der Waals surface area contributed by atoms with Gasteiger partial charge in [0.15, 0.2) is 0 Å². The van der Waals surface area contributed by atoms with Gasteiger partial charge < -0.3 is 5.32 Å². The van der Waals surface area contributed by atoms with Crippen LogP contribution in [0.5, 0.6) is 0 Å². The Morgan fingerprint density at radius 1 is 1.08 bits per heavy atom. The fourth-order valence-corrected chi connectivity index (χ4v) is 3.18. The summed E-state index contributed by atoms with van der Waals surface area (Å²) < 4.78 is 1.92. The number of nitro groups is 1. The highest BCUT2D eigenvalue weighted by molar-refractivity contribution is 5.74. The molecule has 120 valence electrons. The van der Waals surface area contributed by atoms with Crippen LogP contribution in [0.2, 0.25) is 0 Å². The molecule has 24 heavy (non-hydrogen) atoms. The third-order valence-electron chi connectivity index (χ3n) is 4.29. The average molecular weight is 320 g/mol. The van der Waals surface area contributed by atoms with E-state index in [0.29, 0.717) is 17.8 Å². The lowest BCUT2D eigenvalue weighted by Gasteiger charge is -2.15. The molecule has 6 nitrogen and oxygen atoms in total. The van der Waals surface area contributed by atoms with Crippen molar-refractivity contribution in [3.63, 3.8) is 0 Å². The quantitative estimate of drug-likeness (QED) is 0.594.